The number of hydrogen-bond donors (Lipinski definition) is 0. The highest BCUT2D eigenvalue weighted by Crippen LogP contribution is 2.16. The van der Waals surface area contributed by atoms with Gasteiger partial charge in [-0.15, -0.1) is 0 Å². The van der Waals surface area contributed by atoms with Gasteiger partial charge < -0.3 is 14.2 Å². The molecule has 0 bridgehead atoms. The molecule has 0 saturated heterocycles. The van der Waals surface area contributed by atoms with Crippen molar-refractivity contribution in [2.45, 2.75) is 26.9 Å². The first-order chi connectivity index (χ1) is 9.06. The molecule has 0 amide bonds. The van der Waals surface area contributed by atoms with Gasteiger partial charge in [0.05, 0.1) is 19.8 Å². The molecule has 104 valence electrons. The lowest BCUT2D eigenvalue weighted by Crippen LogP contribution is -2.14. The molecule has 0 unspecified atom stereocenters. The average Bonchev–Trinajstić information content (AvgIpc) is 2.38. The molecule has 0 radical (unpaired) electrons. The van der Waals surface area contributed by atoms with Gasteiger partial charge in [0.25, 0.3) is 0 Å². The highest BCUT2D eigenvalue weighted by Gasteiger charge is 2.13. The highest BCUT2D eigenvalue weighted by molar-refractivity contribution is 5.91. The average molecular weight is 264 g/mol. The summed E-state index contributed by atoms with van der Waals surface area (Å²) < 4.78 is 15.5. The molecule has 4 nitrogen and oxygen atoms in total. The maximum Gasteiger partial charge on any atom is 0.373 e. The van der Waals surface area contributed by atoms with Crippen LogP contribution in [0, 0.1) is 0 Å². The van der Waals surface area contributed by atoms with E-state index in [-0.39, 0.29) is 11.9 Å². The lowest BCUT2D eigenvalue weighted by atomic mass is 10.2. The van der Waals surface area contributed by atoms with Gasteiger partial charge in [0, 0.05) is 0 Å². The van der Waals surface area contributed by atoms with E-state index in [0.717, 1.165) is 11.3 Å². The Morgan fingerprint density at radius 2 is 1.89 bits per heavy atom. The second kappa shape index (κ2) is 7.46. The van der Waals surface area contributed by atoms with E-state index in [4.69, 9.17) is 14.2 Å². The van der Waals surface area contributed by atoms with Crippen molar-refractivity contribution in [3.05, 3.63) is 35.6 Å². The van der Waals surface area contributed by atoms with Crippen LogP contribution in [0.2, 0.25) is 0 Å². The van der Waals surface area contributed by atoms with Crippen LogP contribution in [-0.4, -0.2) is 25.8 Å². The fourth-order valence-corrected chi connectivity index (χ4v) is 1.45. The smallest absolute Gasteiger partial charge is 0.373 e. The Labute approximate surface area is 114 Å². The van der Waals surface area contributed by atoms with E-state index < -0.39 is 5.97 Å². The monoisotopic (exact) mass is 264 g/mol. The maximum atomic E-state index is 11.8. The van der Waals surface area contributed by atoms with Crippen LogP contribution in [0.1, 0.15) is 26.3 Å². The minimum Gasteiger partial charge on any atom is -0.497 e. The summed E-state index contributed by atoms with van der Waals surface area (Å²) in [5, 5.41) is 0. The third-order valence-corrected chi connectivity index (χ3v) is 2.25. The fraction of sp³-hybridized carbons (Fsp3) is 0.400. The predicted molar refractivity (Wildman–Crippen MR) is 73.8 cm³/mol. The first-order valence-corrected chi connectivity index (χ1v) is 6.26. The van der Waals surface area contributed by atoms with Crippen LogP contribution in [0.25, 0.3) is 6.08 Å². The number of rotatable bonds is 6. The molecule has 0 aliphatic carbocycles. The summed E-state index contributed by atoms with van der Waals surface area (Å²) in [6, 6.07) is 7.34. The zero-order chi connectivity index (χ0) is 14.3. The molecular weight excluding hydrogens is 244 g/mol. The zero-order valence-corrected chi connectivity index (χ0v) is 11.8. The topological polar surface area (TPSA) is 44.8 Å². The van der Waals surface area contributed by atoms with Crippen molar-refractivity contribution in [2.75, 3.05) is 13.7 Å². The molecule has 1 aromatic carbocycles. The number of carbonyl (C=O) groups excluding carboxylic acids is 1. The largest absolute Gasteiger partial charge is 0.497 e. The number of esters is 1. The van der Waals surface area contributed by atoms with E-state index in [1.807, 2.05) is 38.1 Å². The van der Waals surface area contributed by atoms with E-state index >= 15 is 0 Å². The van der Waals surface area contributed by atoms with E-state index in [1.54, 1.807) is 20.1 Å². The van der Waals surface area contributed by atoms with Crippen molar-refractivity contribution in [2.24, 2.45) is 0 Å². The summed E-state index contributed by atoms with van der Waals surface area (Å²) in [6.45, 7) is 5.81. The predicted octanol–water partition coefficient (Wildman–Crippen LogP) is 3.02. The second-order valence-corrected chi connectivity index (χ2v) is 4.17. The van der Waals surface area contributed by atoms with Crippen molar-refractivity contribution >= 4 is 12.0 Å². The molecule has 0 atom stereocenters. The van der Waals surface area contributed by atoms with Crippen molar-refractivity contribution in [3.8, 4) is 5.75 Å². The van der Waals surface area contributed by atoms with Crippen LogP contribution in [0.3, 0.4) is 0 Å². The summed E-state index contributed by atoms with van der Waals surface area (Å²) in [6.07, 6.45) is 1.58. The van der Waals surface area contributed by atoms with Gasteiger partial charge in [-0.2, -0.15) is 0 Å². The number of methoxy groups -OCH3 is 1. The molecule has 0 fully saturated rings. The van der Waals surface area contributed by atoms with Crippen molar-refractivity contribution in [1.82, 2.24) is 0 Å². The third-order valence-electron chi connectivity index (χ3n) is 2.25. The van der Waals surface area contributed by atoms with Gasteiger partial charge in [0.2, 0.25) is 5.76 Å². The van der Waals surface area contributed by atoms with E-state index in [1.165, 1.54) is 0 Å². The lowest BCUT2D eigenvalue weighted by Gasteiger charge is -2.12. The minimum absolute atomic E-state index is 0.0890. The molecule has 0 saturated carbocycles. The minimum atomic E-state index is -0.452. The van der Waals surface area contributed by atoms with Gasteiger partial charge in [0.1, 0.15) is 5.75 Å². The lowest BCUT2D eigenvalue weighted by molar-refractivity contribution is -0.143. The molecule has 1 aromatic rings. The molecule has 0 aromatic heterocycles. The normalized spacial score (nSPS) is 11.3. The van der Waals surface area contributed by atoms with Crippen LogP contribution in [0.5, 0.6) is 5.75 Å². The van der Waals surface area contributed by atoms with Gasteiger partial charge in [-0.25, -0.2) is 4.79 Å². The summed E-state index contributed by atoms with van der Waals surface area (Å²) in [5.41, 5.74) is 0.851. The second-order valence-electron chi connectivity index (χ2n) is 4.17. The Balaban J connectivity index is 2.93. The number of benzene rings is 1. The Morgan fingerprint density at radius 1 is 1.26 bits per heavy atom. The standard InChI is InChI=1S/C15H20O4/c1-5-18-15(16)14(19-11(2)3)10-12-6-8-13(17-4)9-7-12/h6-11H,5H2,1-4H3/b14-10-. The van der Waals surface area contributed by atoms with Gasteiger partial charge in [-0.1, -0.05) is 12.1 Å². The molecule has 0 aliphatic rings. The Bertz CT molecular complexity index is 432. The fourth-order valence-electron chi connectivity index (χ4n) is 1.45. The highest BCUT2D eigenvalue weighted by atomic mass is 16.6. The van der Waals surface area contributed by atoms with Crippen LogP contribution < -0.4 is 4.74 Å². The van der Waals surface area contributed by atoms with Crippen LogP contribution >= 0.6 is 0 Å². The van der Waals surface area contributed by atoms with Gasteiger partial charge in [0.15, 0.2) is 0 Å². The summed E-state index contributed by atoms with van der Waals surface area (Å²) in [5.74, 6) is 0.522. The summed E-state index contributed by atoms with van der Waals surface area (Å²) in [4.78, 5) is 11.8. The Kier molecular flexibility index (Phi) is 5.93. The number of hydrogen-bond acceptors (Lipinski definition) is 4. The molecular formula is C15H20O4. The van der Waals surface area contributed by atoms with Crippen LogP contribution in [0.15, 0.2) is 30.0 Å². The quantitative estimate of drug-likeness (QED) is 0.450. The molecule has 19 heavy (non-hydrogen) atoms. The Morgan fingerprint density at radius 3 is 2.37 bits per heavy atom. The molecule has 1 rings (SSSR count). The van der Waals surface area contributed by atoms with Crippen molar-refractivity contribution in [3.63, 3.8) is 0 Å². The van der Waals surface area contributed by atoms with Gasteiger partial charge >= 0.3 is 5.97 Å². The van der Waals surface area contributed by atoms with E-state index in [2.05, 4.69) is 0 Å². The summed E-state index contributed by atoms with van der Waals surface area (Å²) in [7, 11) is 1.61. The van der Waals surface area contributed by atoms with E-state index in [0.29, 0.717) is 6.61 Å². The molecule has 0 heterocycles. The number of ether oxygens (including phenoxy) is 3. The SMILES string of the molecule is CCOC(=O)/C(=C/c1ccc(OC)cc1)OC(C)C. The van der Waals surface area contributed by atoms with Crippen molar-refractivity contribution in [1.29, 1.82) is 0 Å². The number of carbonyl (C=O) groups is 1. The third kappa shape index (κ3) is 5.04. The molecule has 0 N–H and O–H groups in total. The van der Waals surface area contributed by atoms with Gasteiger partial charge in [-0.05, 0) is 44.5 Å². The van der Waals surface area contributed by atoms with Crippen LogP contribution in [-0.2, 0) is 14.3 Å². The molecule has 0 aliphatic heterocycles. The molecule has 4 heteroatoms. The van der Waals surface area contributed by atoms with Crippen LogP contribution in [0.4, 0.5) is 0 Å². The first-order valence-electron chi connectivity index (χ1n) is 6.26. The van der Waals surface area contributed by atoms with Crippen molar-refractivity contribution < 1.29 is 19.0 Å². The van der Waals surface area contributed by atoms with E-state index in [9.17, 15) is 4.79 Å². The molecule has 0 spiro atoms. The summed E-state index contributed by atoms with van der Waals surface area (Å²) >= 11 is 0. The Hall–Kier alpha value is -1.97. The first kappa shape index (κ1) is 15.1. The van der Waals surface area contributed by atoms with Gasteiger partial charge in [-0.3, -0.25) is 0 Å². The zero-order valence-electron chi connectivity index (χ0n) is 11.8. The maximum absolute atomic E-state index is 11.8.